The predicted octanol–water partition coefficient (Wildman–Crippen LogP) is 5.77. The van der Waals surface area contributed by atoms with Gasteiger partial charge in [-0.15, -0.1) is 0 Å². The van der Waals surface area contributed by atoms with Crippen molar-refractivity contribution >= 4 is 56.2 Å². The van der Waals surface area contributed by atoms with E-state index in [2.05, 4.69) is 10.3 Å². The Balaban J connectivity index is 1.43. The average Bonchev–Trinajstić information content (AvgIpc) is 4.05. The van der Waals surface area contributed by atoms with Crippen LogP contribution in [0.25, 0.3) is 10.8 Å². The fourth-order valence-electron chi connectivity index (χ4n) is 8.29. The molecule has 0 radical (unpaired) electrons. The highest BCUT2D eigenvalue weighted by atomic mass is 35.5. The van der Waals surface area contributed by atoms with Crippen LogP contribution < -0.4 is 19.5 Å². The Bertz CT molecular complexity index is 2150. The summed E-state index contributed by atoms with van der Waals surface area (Å²) < 4.78 is 96.1. The first-order chi connectivity index (χ1) is 27.5. The number of ether oxygens (including phenoxy) is 2. The number of allylic oxidation sites excluding steroid dienone is 1. The fourth-order valence-corrected chi connectivity index (χ4v) is 9.91. The maximum absolute atomic E-state index is 15.0. The molecule has 0 bridgehead atoms. The van der Waals surface area contributed by atoms with E-state index in [4.69, 9.17) is 21.1 Å². The predicted molar refractivity (Wildman–Crippen MR) is 207 cm³/mol. The zero-order valence-electron chi connectivity index (χ0n) is 33.1. The van der Waals surface area contributed by atoms with E-state index < -0.39 is 99.1 Å². The topological polar surface area (TPSA) is 185 Å². The lowest BCUT2D eigenvalue weighted by Crippen LogP contribution is -2.66. The molecule has 2 aliphatic carbocycles. The quantitative estimate of drug-likeness (QED) is 0.159. The van der Waals surface area contributed by atoms with Crippen LogP contribution in [-0.4, -0.2) is 113 Å². The normalized spacial score (nSPS) is 28.7. The number of carboxylic acid groups (broad SMARTS) is 1. The van der Waals surface area contributed by atoms with Crippen LogP contribution in [0, 0.1) is 17.8 Å². The van der Waals surface area contributed by atoms with Gasteiger partial charge in [-0.2, -0.15) is 13.2 Å². The van der Waals surface area contributed by atoms with Gasteiger partial charge in [-0.3, -0.25) is 24.0 Å². The molecule has 3 N–H and O–H groups in total. The Morgan fingerprint density at radius 3 is 2.46 bits per heavy atom. The Hall–Kier alpha value is -4.39. The molecule has 7 atom stereocenters. The molecule has 3 fully saturated rings. The van der Waals surface area contributed by atoms with Gasteiger partial charge in [0.05, 0.1) is 13.7 Å². The number of aromatic nitrogens is 1. The number of sulfonamides is 1. The van der Waals surface area contributed by atoms with Gasteiger partial charge in [0.1, 0.15) is 51.6 Å². The molecule has 0 unspecified atom stereocenters. The summed E-state index contributed by atoms with van der Waals surface area (Å²) in [5, 5.41) is 14.1. The van der Waals surface area contributed by atoms with Crippen molar-refractivity contribution in [3.63, 3.8) is 0 Å². The second-order valence-corrected chi connectivity index (χ2v) is 19.3. The van der Waals surface area contributed by atoms with Crippen LogP contribution in [0.4, 0.5) is 22.4 Å². The third kappa shape index (κ3) is 8.37. The van der Waals surface area contributed by atoms with Gasteiger partial charge in [-0.25, -0.2) is 22.6 Å². The lowest BCUT2D eigenvalue weighted by atomic mass is 9.85. The fraction of sp³-hybridized carbons (Fsp3) is 0.615. The van der Waals surface area contributed by atoms with Crippen molar-refractivity contribution in [3.05, 3.63) is 41.6 Å². The zero-order chi connectivity index (χ0) is 43.5. The van der Waals surface area contributed by atoms with Gasteiger partial charge < -0.3 is 24.8 Å². The molecule has 1 saturated heterocycles. The summed E-state index contributed by atoms with van der Waals surface area (Å²) in [6, 6.07) is 3.00. The second-order valence-electron chi connectivity index (χ2n) is 16.8. The number of pyridine rings is 1. The van der Waals surface area contributed by atoms with E-state index in [9.17, 15) is 50.3 Å². The first-order valence-corrected chi connectivity index (χ1v) is 21.2. The van der Waals surface area contributed by atoms with Gasteiger partial charge in [-0.05, 0) is 93.9 Å². The molecule has 2 saturated carbocycles. The molecule has 6 rings (SSSR count). The number of amides is 4. The number of hydrogen-bond acceptors (Lipinski definition) is 9. The zero-order valence-corrected chi connectivity index (χ0v) is 34.7. The van der Waals surface area contributed by atoms with Crippen molar-refractivity contribution in [2.45, 2.75) is 113 Å². The summed E-state index contributed by atoms with van der Waals surface area (Å²) in [5.41, 5.74) is -4.93. The highest BCUT2D eigenvalue weighted by molar-refractivity contribution is 7.91. The summed E-state index contributed by atoms with van der Waals surface area (Å²) in [6.45, 7) is 2.97. The van der Waals surface area contributed by atoms with E-state index >= 15 is 0 Å². The number of methoxy groups -OCH3 is 1. The highest BCUT2D eigenvalue weighted by Crippen LogP contribution is 2.48. The largest absolute Gasteiger partial charge is 0.497 e. The minimum Gasteiger partial charge on any atom is -0.497 e. The van der Waals surface area contributed by atoms with Crippen LogP contribution in [0.5, 0.6) is 11.6 Å². The number of carbonyl (C=O) groups is 4. The molecule has 4 amide bonds. The molecule has 324 valence electrons. The number of nitrogens with one attached hydrogen (secondary N) is 2. The molecule has 59 heavy (non-hydrogen) atoms. The number of rotatable bonds is 9. The summed E-state index contributed by atoms with van der Waals surface area (Å²) in [5.74, 6) is -4.64. The molecular weight excluding hydrogens is 826 g/mol. The Morgan fingerprint density at radius 2 is 1.85 bits per heavy atom. The number of carbonyl (C=O) groups excluding carboxylic acids is 3. The number of hydrogen-bond donors (Lipinski definition) is 3. The van der Waals surface area contributed by atoms with Crippen molar-refractivity contribution in [2.24, 2.45) is 17.8 Å². The van der Waals surface area contributed by atoms with Gasteiger partial charge in [-0.1, -0.05) is 37.6 Å². The molecule has 14 nitrogen and oxygen atoms in total. The summed E-state index contributed by atoms with van der Waals surface area (Å²) >= 11 is 6.34. The molecule has 3 heterocycles. The average molecular weight is 874 g/mol. The molecule has 2 aliphatic heterocycles. The van der Waals surface area contributed by atoms with Gasteiger partial charge >= 0.3 is 12.3 Å². The number of halogens is 5. The Labute approximate surface area is 344 Å². The van der Waals surface area contributed by atoms with Crippen molar-refractivity contribution in [3.8, 4) is 11.6 Å². The second kappa shape index (κ2) is 15.9. The third-order valence-electron chi connectivity index (χ3n) is 12.3. The molecule has 2 aromatic rings. The minimum atomic E-state index is -5.13. The summed E-state index contributed by atoms with van der Waals surface area (Å²) in [4.78, 5) is 61.7. The molecule has 20 heteroatoms. The van der Waals surface area contributed by atoms with Gasteiger partial charge in [0, 0.05) is 17.7 Å². The smallest absolute Gasteiger partial charge is 0.411 e. The minimum absolute atomic E-state index is 0.00404. The van der Waals surface area contributed by atoms with Crippen molar-refractivity contribution in [2.75, 3.05) is 20.3 Å². The highest BCUT2D eigenvalue weighted by Gasteiger charge is 2.64. The lowest BCUT2D eigenvalue weighted by molar-refractivity contribution is -0.222. The van der Waals surface area contributed by atoms with Crippen LogP contribution in [0.15, 0.2) is 36.4 Å². The van der Waals surface area contributed by atoms with Crippen molar-refractivity contribution in [1.29, 1.82) is 0 Å². The first-order valence-electron chi connectivity index (χ1n) is 19.3. The van der Waals surface area contributed by atoms with Crippen LogP contribution in [0.2, 0.25) is 5.15 Å². The van der Waals surface area contributed by atoms with Crippen molar-refractivity contribution in [1.82, 2.24) is 24.8 Å². The standard InChI is InChI=1S/C39H48ClF4N5O9S/c1-21-8-6-7-9-24-18-38(24,34(52)47-59(55,56)37(20-41)12-13-37)46-31(50)28-17-26(58-32-27-11-10-25(57-5)15-23(27)16-29(40)45-32)19-48(28)33(51)30(22(2)14-21)49(35(53)54)36(3,4)39(42,43)44/h7,9-11,15-16,21-22,24,26,28,30H,6,8,12-14,17-20H2,1-5H3,(H,46,50)(H,47,52)(H,53,54)/t21-,22-,24-,26-,28+,30+,38-/m1/s1. The maximum Gasteiger partial charge on any atom is 0.411 e. The van der Waals surface area contributed by atoms with E-state index in [1.807, 2.05) is 11.6 Å². The van der Waals surface area contributed by atoms with Crippen LogP contribution in [-0.2, 0) is 24.4 Å². The Kier molecular flexibility index (Phi) is 11.9. The van der Waals surface area contributed by atoms with Gasteiger partial charge in [0.25, 0.3) is 5.91 Å². The summed E-state index contributed by atoms with van der Waals surface area (Å²) in [7, 11) is -3.04. The lowest BCUT2D eigenvalue weighted by Gasteiger charge is -2.45. The van der Waals surface area contributed by atoms with E-state index in [1.54, 1.807) is 36.4 Å². The molecule has 4 aliphatic rings. The van der Waals surface area contributed by atoms with Gasteiger partial charge in [0.15, 0.2) is 0 Å². The first kappa shape index (κ1) is 44.2. The monoisotopic (exact) mass is 873 g/mol. The molecular formula is C39H48ClF4N5O9S. The maximum atomic E-state index is 15.0. The number of fused-ring (bicyclic) bond motifs is 3. The van der Waals surface area contributed by atoms with Crippen LogP contribution in [0.3, 0.4) is 0 Å². The van der Waals surface area contributed by atoms with E-state index in [0.29, 0.717) is 43.2 Å². The third-order valence-corrected chi connectivity index (χ3v) is 14.6. The van der Waals surface area contributed by atoms with Crippen molar-refractivity contribution < 1.29 is 59.7 Å². The molecule has 1 aromatic carbocycles. The van der Waals surface area contributed by atoms with Gasteiger partial charge in [0.2, 0.25) is 27.7 Å². The van der Waals surface area contributed by atoms with E-state index in [-0.39, 0.29) is 54.0 Å². The number of benzene rings is 1. The van der Waals surface area contributed by atoms with E-state index in [0.717, 1.165) is 4.90 Å². The SMILES string of the molecule is COc1ccc2c(O[C@@H]3C[C@H]4C(=O)N[C@]5(C(=O)NS(=O)(=O)C6(CF)CC6)C[C@H]5C=CCC[C@@H](C)C[C@@H](C)[C@H](N(C(=O)O)C(C)(C)C(F)(F)F)C(=O)N4C3)nc(Cl)cc2c1. The van der Waals surface area contributed by atoms with Crippen LogP contribution >= 0.6 is 11.6 Å². The van der Waals surface area contributed by atoms with Crippen LogP contribution in [0.1, 0.15) is 72.6 Å². The number of nitrogens with zero attached hydrogens (tertiary/aromatic N) is 3. The molecule has 1 aromatic heterocycles. The number of alkyl halides is 4. The molecule has 0 spiro atoms. The van der Waals surface area contributed by atoms with E-state index in [1.165, 1.54) is 14.0 Å². The Morgan fingerprint density at radius 1 is 1.15 bits per heavy atom. The summed E-state index contributed by atoms with van der Waals surface area (Å²) in [6.07, 6.45) is -4.19.